The van der Waals surface area contributed by atoms with Gasteiger partial charge in [-0.1, -0.05) is 42.5 Å². The molecule has 0 saturated carbocycles. The van der Waals surface area contributed by atoms with Crippen molar-refractivity contribution < 1.29 is 13.2 Å². The maximum absolute atomic E-state index is 12.7. The van der Waals surface area contributed by atoms with Crippen LogP contribution in [0, 0.1) is 0 Å². The van der Waals surface area contributed by atoms with Gasteiger partial charge >= 0.3 is 0 Å². The molecule has 3 aromatic heterocycles. The first-order valence-electron chi connectivity index (χ1n) is 11.5. The molecule has 5 aromatic rings. The second-order valence-corrected chi connectivity index (χ2v) is 10.1. The molecule has 0 fully saturated rings. The summed E-state index contributed by atoms with van der Waals surface area (Å²) in [6, 6.07) is 21.9. The van der Waals surface area contributed by atoms with Crippen molar-refractivity contribution >= 4 is 21.2 Å². The van der Waals surface area contributed by atoms with Gasteiger partial charge in [-0.25, -0.2) is 23.1 Å². The summed E-state index contributed by atoms with van der Waals surface area (Å²) in [6.45, 7) is 0.237. The number of aryl methyl sites for hydroxylation is 2. The van der Waals surface area contributed by atoms with Crippen molar-refractivity contribution in [1.29, 1.82) is 0 Å². The van der Waals surface area contributed by atoms with Gasteiger partial charge in [-0.15, -0.1) is 0 Å². The van der Waals surface area contributed by atoms with Crippen molar-refractivity contribution in [3.63, 3.8) is 0 Å². The Morgan fingerprint density at radius 1 is 0.917 bits per heavy atom. The standard InChI is InChI=1S/C27H25N5O3S/c1-35-23-13-14-28-22(16-23)9-12-26-31-25-15-21(18-29-27(25)32-26)20-7-10-24(11-8-20)36(33,34)30-17-19-5-3-2-4-6-19/h2-8,10-11,13-16,18,30H,9,12,17H2,1H3,(H,29,31,32). The molecule has 0 saturated heterocycles. The zero-order chi connectivity index (χ0) is 25.0. The third-order valence-electron chi connectivity index (χ3n) is 5.83. The largest absolute Gasteiger partial charge is 0.497 e. The molecule has 0 unspecified atom stereocenters. The minimum absolute atomic E-state index is 0.212. The minimum Gasteiger partial charge on any atom is -0.497 e. The van der Waals surface area contributed by atoms with Crippen LogP contribution in [0.5, 0.6) is 5.75 Å². The number of aromatic amines is 1. The van der Waals surface area contributed by atoms with Crippen molar-refractivity contribution in [2.24, 2.45) is 0 Å². The molecule has 5 rings (SSSR count). The predicted molar refractivity (Wildman–Crippen MR) is 138 cm³/mol. The topological polar surface area (TPSA) is 110 Å². The number of H-pyrrole nitrogens is 1. The molecule has 2 aromatic carbocycles. The van der Waals surface area contributed by atoms with Crippen LogP contribution < -0.4 is 9.46 Å². The minimum atomic E-state index is -3.62. The van der Waals surface area contributed by atoms with Gasteiger partial charge in [0.25, 0.3) is 0 Å². The third kappa shape index (κ3) is 5.42. The predicted octanol–water partition coefficient (Wildman–Crippen LogP) is 4.29. The number of fused-ring (bicyclic) bond motifs is 1. The number of sulfonamides is 1. The quantitative estimate of drug-likeness (QED) is 0.313. The molecule has 0 amide bonds. The van der Waals surface area contributed by atoms with E-state index in [9.17, 15) is 8.42 Å². The van der Waals surface area contributed by atoms with Crippen molar-refractivity contribution in [2.45, 2.75) is 24.3 Å². The van der Waals surface area contributed by atoms with Crippen molar-refractivity contribution in [3.8, 4) is 16.9 Å². The maximum atomic E-state index is 12.7. The number of benzene rings is 2. The highest BCUT2D eigenvalue weighted by Gasteiger charge is 2.14. The Balaban J connectivity index is 1.28. The van der Waals surface area contributed by atoms with Crippen LogP contribution in [-0.4, -0.2) is 35.5 Å². The van der Waals surface area contributed by atoms with E-state index in [4.69, 9.17) is 4.74 Å². The highest BCUT2D eigenvalue weighted by Crippen LogP contribution is 2.24. The number of hydrogen-bond donors (Lipinski definition) is 2. The van der Waals surface area contributed by atoms with Gasteiger partial charge in [0.05, 0.1) is 12.0 Å². The summed E-state index contributed by atoms with van der Waals surface area (Å²) in [5, 5.41) is 0. The Bertz CT molecular complexity index is 1580. The van der Waals surface area contributed by atoms with Gasteiger partial charge in [0.2, 0.25) is 10.0 Å². The average molecular weight is 500 g/mol. The molecule has 9 heteroatoms. The number of nitrogens with one attached hydrogen (secondary N) is 2. The number of nitrogens with zero attached hydrogens (tertiary/aromatic N) is 3. The first-order valence-corrected chi connectivity index (χ1v) is 13.0. The first-order chi connectivity index (χ1) is 17.5. The molecule has 8 nitrogen and oxygen atoms in total. The SMILES string of the molecule is COc1ccnc(CCc2nc3cc(-c4ccc(S(=O)(=O)NCc5ccccc5)cc4)cnc3[nH]2)c1. The van der Waals surface area contributed by atoms with Crippen LogP contribution in [0.15, 0.2) is 90.1 Å². The molecular formula is C27H25N5O3S. The van der Waals surface area contributed by atoms with Crippen LogP contribution in [0.25, 0.3) is 22.3 Å². The summed E-state index contributed by atoms with van der Waals surface area (Å²) in [5.41, 5.74) is 5.00. The molecule has 0 spiro atoms. The van der Waals surface area contributed by atoms with Crippen molar-refractivity contribution in [1.82, 2.24) is 24.7 Å². The van der Waals surface area contributed by atoms with Gasteiger partial charge in [0.15, 0.2) is 5.65 Å². The zero-order valence-corrected chi connectivity index (χ0v) is 20.5. The van der Waals surface area contributed by atoms with Gasteiger partial charge in [0.1, 0.15) is 17.1 Å². The first kappa shape index (κ1) is 23.7. The Labute approximate surface area is 209 Å². The monoisotopic (exact) mass is 499 g/mol. The van der Waals surface area contributed by atoms with Crippen molar-refractivity contribution in [2.75, 3.05) is 7.11 Å². The summed E-state index contributed by atoms with van der Waals surface area (Å²) in [4.78, 5) is 17.0. The van der Waals surface area contributed by atoms with Gasteiger partial charge in [-0.2, -0.15) is 0 Å². The molecule has 2 N–H and O–H groups in total. The van der Waals surface area contributed by atoms with Crippen LogP contribution in [-0.2, 0) is 29.4 Å². The number of ether oxygens (including phenoxy) is 1. The molecule has 36 heavy (non-hydrogen) atoms. The van der Waals surface area contributed by atoms with Crippen LogP contribution in [0.2, 0.25) is 0 Å². The lowest BCUT2D eigenvalue weighted by atomic mass is 10.1. The Hall–Kier alpha value is -4.08. The average Bonchev–Trinajstić information content (AvgIpc) is 3.34. The Kier molecular flexibility index (Phi) is 6.75. The van der Waals surface area contributed by atoms with E-state index in [0.717, 1.165) is 45.9 Å². The molecule has 3 heterocycles. The fourth-order valence-electron chi connectivity index (χ4n) is 3.87. The van der Waals surface area contributed by atoms with E-state index in [0.29, 0.717) is 12.1 Å². The summed E-state index contributed by atoms with van der Waals surface area (Å²) >= 11 is 0. The lowest BCUT2D eigenvalue weighted by Gasteiger charge is -2.08. The molecule has 0 atom stereocenters. The molecular weight excluding hydrogens is 474 g/mol. The maximum Gasteiger partial charge on any atom is 0.240 e. The van der Waals surface area contributed by atoms with E-state index in [1.807, 2.05) is 48.5 Å². The molecule has 182 valence electrons. The van der Waals surface area contributed by atoms with E-state index in [-0.39, 0.29) is 11.4 Å². The number of pyridine rings is 2. The third-order valence-corrected chi connectivity index (χ3v) is 7.25. The van der Waals surface area contributed by atoms with Crippen LogP contribution >= 0.6 is 0 Å². The highest BCUT2D eigenvalue weighted by molar-refractivity contribution is 7.89. The fourth-order valence-corrected chi connectivity index (χ4v) is 4.89. The van der Waals surface area contributed by atoms with E-state index in [2.05, 4.69) is 24.7 Å². The molecule has 0 aliphatic carbocycles. The van der Waals surface area contributed by atoms with Crippen LogP contribution in [0.4, 0.5) is 0 Å². The number of rotatable bonds is 9. The molecule has 0 aliphatic heterocycles. The number of imidazole rings is 1. The van der Waals surface area contributed by atoms with E-state index >= 15 is 0 Å². The van der Waals surface area contributed by atoms with Gasteiger partial charge in [-0.05, 0) is 41.8 Å². The summed E-state index contributed by atoms with van der Waals surface area (Å²) < 4.78 is 33.3. The van der Waals surface area contributed by atoms with Crippen LogP contribution in [0.3, 0.4) is 0 Å². The number of methoxy groups -OCH3 is 1. The summed E-state index contributed by atoms with van der Waals surface area (Å²) in [5.74, 6) is 1.60. The zero-order valence-electron chi connectivity index (χ0n) is 19.7. The second kappa shape index (κ2) is 10.3. The fraction of sp³-hybridized carbons (Fsp3) is 0.148. The molecule has 0 aliphatic rings. The van der Waals surface area contributed by atoms with Crippen molar-refractivity contribution in [3.05, 3.63) is 102 Å². The highest BCUT2D eigenvalue weighted by atomic mass is 32.2. The number of hydrogen-bond acceptors (Lipinski definition) is 6. The van der Waals surface area contributed by atoms with Gasteiger partial charge in [-0.3, -0.25) is 4.98 Å². The Morgan fingerprint density at radius 3 is 2.50 bits per heavy atom. The lowest BCUT2D eigenvalue weighted by molar-refractivity contribution is 0.413. The normalized spacial score (nSPS) is 11.6. The van der Waals surface area contributed by atoms with Gasteiger partial charge in [0, 0.05) is 42.7 Å². The smallest absolute Gasteiger partial charge is 0.240 e. The molecule has 0 radical (unpaired) electrons. The summed E-state index contributed by atoms with van der Waals surface area (Å²) in [6.07, 6.45) is 4.90. The molecule has 0 bridgehead atoms. The van der Waals surface area contributed by atoms with E-state index < -0.39 is 10.0 Å². The summed E-state index contributed by atoms with van der Waals surface area (Å²) in [7, 11) is -1.98. The second-order valence-electron chi connectivity index (χ2n) is 8.30. The number of aromatic nitrogens is 4. The van der Waals surface area contributed by atoms with Gasteiger partial charge < -0.3 is 9.72 Å². The Morgan fingerprint density at radius 2 is 1.72 bits per heavy atom. The van der Waals surface area contributed by atoms with Crippen LogP contribution in [0.1, 0.15) is 17.1 Å². The lowest BCUT2D eigenvalue weighted by Crippen LogP contribution is -2.23. The van der Waals surface area contributed by atoms with E-state index in [1.54, 1.807) is 43.8 Å². The van der Waals surface area contributed by atoms with E-state index in [1.165, 1.54) is 0 Å².